The Labute approximate surface area is 39.8 Å². The fraction of sp³-hybridized carbons (Fsp3) is 0. The molecular formula is CHNO4S. The van der Waals surface area contributed by atoms with Crippen LogP contribution in [-0.4, -0.2) is 13.7 Å². The Morgan fingerprint density at radius 1 is 1.71 bits per heavy atom. The molecule has 0 heterocycles. The van der Waals surface area contributed by atoms with Gasteiger partial charge in [0.15, 0.2) is 0 Å². The van der Waals surface area contributed by atoms with Crippen molar-refractivity contribution in [2.45, 2.75) is 0 Å². The third-order valence-corrected chi connectivity index (χ3v) is 0.630. The van der Waals surface area contributed by atoms with Crippen molar-refractivity contribution < 1.29 is 18.0 Å². The molecule has 0 atom stereocenters. The van der Waals surface area contributed by atoms with E-state index in [9.17, 15) is 8.42 Å². The lowest BCUT2D eigenvalue weighted by atomic mass is 11.8. The second-order valence-electron chi connectivity index (χ2n) is 0.620. The monoisotopic (exact) mass is 123 g/mol. The van der Waals surface area contributed by atoms with E-state index in [1.54, 1.807) is 0 Å². The second kappa shape index (κ2) is 1.88. The fourth-order valence-corrected chi connectivity index (χ4v) is 0.0500. The highest BCUT2D eigenvalue weighted by Crippen LogP contribution is 1.81. The van der Waals surface area contributed by atoms with Crippen LogP contribution in [0.15, 0.2) is 0 Å². The van der Waals surface area contributed by atoms with Crippen LogP contribution in [0.4, 0.5) is 0 Å². The van der Waals surface area contributed by atoms with E-state index in [1.807, 2.05) is 0 Å². The smallest absolute Gasteiger partial charge is 0.234 e. The van der Waals surface area contributed by atoms with Gasteiger partial charge >= 0.3 is 10.1 Å². The summed E-state index contributed by atoms with van der Waals surface area (Å²) in [5.41, 5.74) is 0. The van der Waals surface area contributed by atoms with Gasteiger partial charge in [-0.2, -0.15) is 13.7 Å². The first-order valence-corrected chi connectivity index (χ1v) is 2.52. The molecule has 40 valence electrons. The maximum Gasteiger partial charge on any atom is 0.388 e. The third kappa shape index (κ3) is 2.11. The number of nitrogens with zero attached hydrogens (tertiary/aromatic N) is 1. The first-order chi connectivity index (χ1) is 3.12. The molecule has 0 rings (SSSR count). The fourth-order valence-electron chi connectivity index (χ4n) is 0.0167. The van der Waals surface area contributed by atoms with Crippen LogP contribution in [0.1, 0.15) is 0 Å². The van der Waals surface area contributed by atoms with Gasteiger partial charge in [-0.1, -0.05) is 4.33 Å². The van der Waals surface area contributed by atoms with E-state index < -0.39 is 10.1 Å². The van der Waals surface area contributed by atoms with Crippen molar-refractivity contribution in [1.82, 2.24) is 0 Å². The Bertz CT molecular complexity index is 172. The van der Waals surface area contributed by atoms with E-state index >= 15 is 0 Å². The maximum atomic E-state index is 9.53. The van der Waals surface area contributed by atoms with E-state index in [0.29, 0.717) is 5.40 Å². The van der Waals surface area contributed by atoms with Crippen molar-refractivity contribution in [3.63, 3.8) is 0 Å². The molecule has 0 saturated carbocycles. The highest BCUT2D eigenvalue weighted by Gasteiger charge is 2.04. The normalized spacial score (nSPS) is 10.3. The highest BCUT2D eigenvalue weighted by molar-refractivity contribution is 7.91. The van der Waals surface area contributed by atoms with Gasteiger partial charge in [-0.25, -0.2) is 5.26 Å². The summed E-state index contributed by atoms with van der Waals surface area (Å²) >= 11 is 0. The lowest BCUT2D eigenvalue weighted by molar-refractivity contribution is -0.128. The summed E-state index contributed by atoms with van der Waals surface area (Å²) in [5, 5.41) is 15.4. The summed E-state index contributed by atoms with van der Waals surface area (Å²) in [7, 11) is -4.30. The zero-order valence-corrected chi connectivity index (χ0v) is 3.84. The van der Waals surface area contributed by atoms with Crippen molar-refractivity contribution in [2.75, 3.05) is 0 Å². The molecule has 0 bridgehead atoms. The van der Waals surface area contributed by atoms with Crippen molar-refractivity contribution in [2.24, 2.45) is 0 Å². The first-order valence-electron chi connectivity index (χ1n) is 1.11. The van der Waals surface area contributed by atoms with Gasteiger partial charge in [-0.3, -0.25) is 0 Å². The van der Waals surface area contributed by atoms with Crippen LogP contribution in [0.3, 0.4) is 0 Å². The number of hydrogen-bond donors (Lipinski definition) is 1. The molecule has 1 N–H and O–H groups in total. The molecule has 0 aromatic carbocycles. The minimum atomic E-state index is -4.30. The SMILES string of the molecule is N#CS(=O)(=O)OO. The lowest BCUT2D eigenvalue weighted by Crippen LogP contribution is -1.95. The van der Waals surface area contributed by atoms with Gasteiger partial charge in [0.2, 0.25) is 5.40 Å². The van der Waals surface area contributed by atoms with Gasteiger partial charge in [0.1, 0.15) is 0 Å². The van der Waals surface area contributed by atoms with Crippen LogP contribution in [0, 0.1) is 10.7 Å². The highest BCUT2D eigenvalue weighted by atomic mass is 32.2. The molecule has 0 aliphatic rings. The molecule has 5 nitrogen and oxygen atoms in total. The van der Waals surface area contributed by atoms with Crippen molar-refractivity contribution in [3.05, 3.63) is 0 Å². The summed E-state index contributed by atoms with van der Waals surface area (Å²) in [6, 6.07) is 0. The largest absolute Gasteiger partial charge is 0.388 e. The molecule has 0 spiro atoms. The van der Waals surface area contributed by atoms with Gasteiger partial charge in [-0.05, 0) is 0 Å². The minimum Gasteiger partial charge on any atom is -0.234 e. The Balaban J connectivity index is 4.28. The van der Waals surface area contributed by atoms with Crippen molar-refractivity contribution in [1.29, 1.82) is 5.26 Å². The number of nitriles is 1. The molecule has 7 heavy (non-hydrogen) atoms. The van der Waals surface area contributed by atoms with E-state index in [0.717, 1.165) is 0 Å². The van der Waals surface area contributed by atoms with Crippen molar-refractivity contribution in [3.8, 4) is 5.40 Å². The Kier molecular flexibility index (Phi) is 1.71. The van der Waals surface area contributed by atoms with E-state index in [4.69, 9.17) is 10.5 Å². The second-order valence-corrected chi connectivity index (χ2v) is 1.86. The zero-order valence-electron chi connectivity index (χ0n) is 3.03. The van der Waals surface area contributed by atoms with E-state index in [-0.39, 0.29) is 0 Å². The maximum absolute atomic E-state index is 9.53. The lowest BCUT2D eigenvalue weighted by Gasteiger charge is -1.77. The topological polar surface area (TPSA) is 87.4 Å². The molecule has 0 amide bonds. The molecule has 0 fully saturated rings. The number of thiocyanates is 1. The van der Waals surface area contributed by atoms with Gasteiger partial charge in [0, 0.05) is 0 Å². The molecule has 0 aromatic rings. The summed E-state index contributed by atoms with van der Waals surface area (Å²) in [6.45, 7) is 0. The van der Waals surface area contributed by atoms with Crippen LogP contribution in [-0.2, 0) is 14.5 Å². The molecule has 0 unspecified atom stereocenters. The molecule has 0 aliphatic heterocycles. The quantitative estimate of drug-likeness (QED) is 0.215. The Hall–Kier alpha value is -0.640. The Morgan fingerprint density at radius 3 is 2.14 bits per heavy atom. The standard InChI is InChI=1S/CHNO4S/c2-1-7(4,5)6-3/h3H. The molecule has 0 radical (unpaired) electrons. The first kappa shape index (κ1) is 6.36. The summed E-state index contributed by atoms with van der Waals surface area (Å²) < 4.78 is 21.8. The zero-order chi connectivity index (χ0) is 5.91. The van der Waals surface area contributed by atoms with Gasteiger partial charge < -0.3 is 0 Å². The molecule has 0 saturated heterocycles. The van der Waals surface area contributed by atoms with Gasteiger partial charge in [0.05, 0.1) is 0 Å². The predicted octanol–water partition coefficient (Wildman–Crippen LogP) is -0.713. The summed E-state index contributed by atoms with van der Waals surface area (Å²) in [5.74, 6) is 0. The average molecular weight is 123 g/mol. The predicted molar refractivity (Wildman–Crippen MR) is 18.2 cm³/mol. The van der Waals surface area contributed by atoms with Gasteiger partial charge in [-0.15, -0.1) is 0 Å². The summed E-state index contributed by atoms with van der Waals surface area (Å²) in [4.78, 5) is 0. The molecule has 0 aromatic heterocycles. The van der Waals surface area contributed by atoms with Crippen LogP contribution < -0.4 is 0 Å². The number of rotatable bonds is 1. The van der Waals surface area contributed by atoms with Crippen LogP contribution >= 0.6 is 0 Å². The molecule has 6 heteroatoms. The van der Waals surface area contributed by atoms with E-state index in [2.05, 4.69) is 4.33 Å². The number of hydrogen-bond acceptors (Lipinski definition) is 5. The van der Waals surface area contributed by atoms with Crippen LogP contribution in [0.2, 0.25) is 0 Å². The molecular weight excluding hydrogens is 122 g/mol. The van der Waals surface area contributed by atoms with Crippen LogP contribution in [0.5, 0.6) is 0 Å². The Morgan fingerprint density at radius 2 is 2.14 bits per heavy atom. The summed E-state index contributed by atoms with van der Waals surface area (Å²) in [6.07, 6.45) is 0. The third-order valence-electron chi connectivity index (χ3n) is 0.210. The molecule has 0 aliphatic carbocycles. The minimum absolute atomic E-state index is 0.691. The van der Waals surface area contributed by atoms with Gasteiger partial charge in [0.25, 0.3) is 0 Å². The van der Waals surface area contributed by atoms with Crippen molar-refractivity contribution >= 4 is 10.1 Å². The van der Waals surface area contributed by atoms with E-state index in [1.165, 1.54) is 0 Å². The van der Waals surface area contributed by atoms with Crippen LogP contribution in [0.25, 0.3) is 0 Å². The average Bonchev–Trinajstić information content (AvgIpc) is 1.68.